The van der Waals surface area contributed by atoms with E-state index in [4.69, 9.17) is 16.0 Å². The first-order chi connectivity index (χ1) is 7.74. The number of nitrogens with zero attached hydrogens (tertiary/aromatic N) is 3. The largest absolute Gasteiger partial charge is 0.432 e. The Balaban J connectivity index is 2.05. The Bertz CT molecular complexity index is 342. The van der Waals surface area contributed by atoms with Gasteiger partial charge in [-0.1, -0.05) is 6.92 Å². The van der Waals surface area contributed by atoms with Crippen LogP contribution < -0.4 is 4.90 Å². The SMILES string of the molecule is CCC1CN(c2nc(CCl)co2)CCN1C. The maximum Gasteiger partial charge on any atom is 0.297 e. The highest BCUT2D eigenvalue weighted by molar-refractivity contribution is 6.16. The van der Waals surface area contributed by atoms with Gasteiger partial charge in [0, 0.05) is 25.7 Å². The van der Waals surface area contributed by atoms with E-state index in [0.29, 0.717) is 17.9 Å². The summed E-state index contributed by atoms with van der Waals surface area (Å²) >= 11 is 5.71. The van der Waals surface area contributed by atoms with Gasteiger partial charge in [-0.15, -0.1) is 11.6 Å². The normalized spacial score (nSPS) is 22.7. The summed E-state index contributed by atoms with van der Waals surface area (Å²) in [5, 5.41) is 0. The molecule has 0 aromatic carbocycles. The third-order valence-corrected chi connectivity index (χ3v) is 3.47. The predicted octanol–water partition coefficient (Wildman–Crippen LogP) is 1.94. The molecule has 1 aliphatic heterocycles. The van der Waals surface area contributed by atoms with Crippen LogP contribution in [0.3, 0.4) is 0 Å². The molecule has 1 aromatic heterocycles. The monoisotopic (exact) mass is 243 g/mol. The van der Waals surface area contributed by atoms with Gasteiger partial charge in [0.2, 0.25) is 0 Å². The van der Waals surface area contributed by atoms with Crippen molar-refractivity contribution in [3.63, 3.8) is 0 Å². The molecule has 1 fully saturated rings. The van der Waals surface area contributed by atoms with Crippen LogP contribution in [0, 0.1) is 0 Å². The quantitative estimate of drug-likeness (QED) is 0.760. The van der Waals surface area contributed by atoms with Crippen LogP contribution in [0.4, 0.5) is 6.01 Å². The molecule has 2 rings (SSSR count). The Kier molecular flexibility index (Phi) is 3.71. The van der Waals surface area contributed by atoms with Crippen LogP contribution in [0.5, 0.6) is 0 Å². The van der Waals surface area contributed by atoms with E-state index in [0.717, 1.165) is 31.7 Å². The molecule has 1 unspecified atom stereocenters. The fourth-order valence-electron chi connectivity index (χ4n) is 2.06. The number of hydrogen-bond acceptors (Lipinski definition) is 4. The molecule has 1 aromatic rings. The van der Waals surface area contributed by atoms with Crippen molar-refractivity contribution in [1.82, 2.24) is 9.88 Å². The van der Waals surface area contributed by atoms with E-state index in [2.05, 4.69) is 28.8 Å². The number of piperazine rings is 1. The van der Waals surface area contributed by atoms with Crippen LogP contribution in [-0.2, 0) is 5.88 Å². The van der Waals surface area contributed by atoms with E-state index in [1.165, 1.54) is 0 Å². The second-order valence-corrected chi connectivity index (χ2v) is 4.51. The van der Waals surface area contributed by atoms with Gasteiger partial charge in [-0.25, -0.2) is 0 Å². The van der Waals surface area contributed by atoms with Crippen molar-refractivity contribution >= 4 is 17.6 Å². The molecule has 0 radical (unpaired) electrons. The fraction of sp³-hybridized carbons (Fsp3) is 0.727. The minimum absolute atomic E-state index is 0.411. The Hall–Kier alpha value is -0.740. The van der Waals surface area contributed by atoms with Gasteiger partial charge >= 0.3 is 0 Å². The second-order valence-electron chi connectivity index (χ2n) is 4.24. The van der Waals surface area contributed by atoms with Crippen molar-refractivity contribution in [1.29, 1.82) is 0 Å². The molecule has 0 spiro atoms. The molecule has 1 atom stereocenters. The molecular formula is C11H18ClN3O. The lowest BCUT2D eigenvalue weighted by molar-refractivity contribution is 0.209. The predicted molar refractivity (Wildman–Crippen MR) is 65.0 cm³/mol. The van der Waals surface area contributed by atoms with E-state index in [-0.39, 0.29) is 0 Å². The molecule has 0 N–H and O–H groups in total. The summed E-state index contributed by atoms with van der Waals surface area (Å²) in [6.45, 7) is 5.21. The number of aromatic nitrogens is 1. The highest BCUT2D eigenvalue weighted by Crippen LogP contribution is 2.19. The van der Waals surface area contributed by atoms with Gasteiger partial charge in [0.25, 0.3) is 6.01 Å². The summed E-state index contributed by atoms with van der Waals surface area (Å²) in [5.41, 5.74) is 0.809. The molecule has 1 aliphatic rings. The molecule has 1 saturated heterocycles. The molecule has 2 heterocycles. The Morgan fingerprint density at radius 3 is 3.00 bits per heavy atom. The van der Waals surface area contributed by atoms with Crippen LogP contribution in [0.1, 0.15) is 19.0 Å². The Labute approximate surface area is 101 Å². The summed E-state index contributed by atoms with van der Waals surface area (Å²) in [6, 6.07) is 1.29. The van der Waals surface area contributed by atoms with Gasteiger partial charge in [-0.05, 0) is 13.5 Å². The topological polar surface area (TPSA) is 32.5 Å². The van der Waals surface area contributed by atoms with Crippen LogP contribution >= 0.6 is 11.6 Å². The molecule has 4 nitrogen and oxygen atoms in total. The summed E-state index contributed by atoms with van der Waals surface area (Å²) in [6.07, 6.45) is 2.79. The van der Waals surface area contributed by atoms with Crippen molar-refractivity contribution in [3.8, 4) is 0 Å². The highest BCUT2D eigenvalue weighted by Gasteiger charge is 2.25. The Morgan fingerprint density at radius 2 is 2.38 bits per heavy atom. The third-order valence-electron chi connectivity index (χ3n) is 3.20. The molecular weight excluding hydrogens is 226 g/mol. The van der Waals surface area contributed by atoms with Gasteiger partial charge in [0.05, 0.1) is 11.6 Å². The minimum atomic E-state index is 0.411. The number of rotatable bonds is 3. The van der Waals surface area contributed by atoms with Crippen LogP contribution in [-0.4, -0.2) is 42.6 Å². The Morgan fingerprint density at radius 1 is 1.56 bits per heavy atom. The van der Waals surface area contributed by atoms with Crippen molar-refractivity contribution in [2.24, 2.45) is 0 Å². The number of alkyl halides is 1. The van der Waals surface area contributed by atoms with Gasteiger partial charge < -0.3 is 9.32 Å². The van der Waals surface area contributed by atoms with Crippen LogP contribution in [0.2, 0.25) is 0 Å². The molecule has 0 aliphatic carbocycles. The zero-order valence-electron chi connectivity index (χ0n) is 9.82. The first-order valence-electron chi connectivity index (χ1n) is 5.70. The van der Waals surface area contributed by atoms with Gasteiger partial charge in [-0.2, -0.15) is 4.98 Å². The van der Waals surface area contributed by atoms with Crippen molar-refractivity contribution in [3.05, 3.63) is 12.0 Å². The molecule has 16 heavy (non-hydrogen) atoms. The lowest BCUT2D eigenvalue weighted by atomic mass is 10.1. The van der Waals surface area contributed by atoms with E-state index in [9.17, 15) is 0 Å². The lowest BCUT2D eigenvalue weighted by Gasteiger charge is -2.38. The summed E-state index contributed by atoms with van der Waals surface area (Å²) < 4.78 is 5.43. The van der Waals surface area contributed by atoms with E-state index in [1.807, 2.05) is 0 Å². The van der Waals surface area contributed by atoms with Gasteiger partial charge in [-0.3, -0.25) is 4.90 Å². The summed E-state index contributed by atoms with van der Waals surface area (Å²) in [4.78, 5) is 8.94. The smallest absolute Gasteiger partial charge is 0.297 e. The number of hydrogen-bond donors (Lipinski definition) is 0. The highest BCUT2D eigenvalue weighted by atomic mass is 35.5. The number of halogens is 1. The summed E-state index contributed by atoms with van der Waals surface area (Å²) in [7, 11) is 2.17. The average Bonchev–Trinajstić information content (AvgIpc) is 2.78. The van der Waals surface area contributed by atoms with E-state index < -0.39 is 0 Å². The van der Waals surface area contributed by atoms with Gasteiger partial charge in [0.15, 0.2) is 0 Å². The number of likely N-dealkylation sites (N-methyl/N-ethyl adjacent to an activating group) is 1. The molecule has 0 amide bonds. The minimum Gasteiger partial charge on any atom is -0.432 e. The number of anilines is 1. The third kappa shape index (κ3) is 2.33. The van der Waals surface area contributed by atoms with Crippen molar-refractivity contribution in [2.75, 3.05) is 31.6 Å². The molecule has 0 bridgehead atoms. The molecule has 5 heteroatoms. The maximum atomic E-state index is 5.71. The maximum absolute atomic E-state index is 5.71. The molecule has 0 saturated carbocycles. The lowest BCUT2D eigenvalue weighted by Crippen LogP contribution is -2.51. The zero-order chi connectivity index (χ0) is 11.5. The van der Waals surface area contributed by atoms with E-state index >= 15 is 0 Å². The van der Waals surface area contributed by atoms with Crippen molar-refractivity contribution < 1.29 is 4.42 Å². The standard InChI is InChI=1S/C11H18ClN3O/c1-3-10-7-15(5-4-14(10)2)11-13-9(6-12)8-16-11/h8,10H,3-7H2,1-2H3. The zero-order valence-corrected chi connectivity index (χ0v) is 10.6. The summed E-state index contributed by atoms with van der Waals surface area (Å²) in [5.74, 6) is 0.411. The average molecular weight is 244 g/mol. The van der Waals surface area contributed by atoms with Crippen molar-refractivity contribution in [2.45, 2.75) is 25.3 Å². The van der Waals surface area contributed by atoms with Crippen LogP contribution in [0.25, 0.3) is 0 Å². The first-order valence-corrected chi connectivity index (χ1v) is 6.23. The van der Waals surface area contributed by atoms with E-state index in [1.54, 1.807) is 6.26 Å². The molecule has 90 valence electrons. The van der Waals surface area contributed by atoms with Crippen LogP contribution in [0.15, 0.2) is 10.7 Å². The second kappa shape index (κ2) is 5.06. The number of oxazole rings is 1. The van der Waals surface area contributed by atoms with Gasteiger partial charge in [0.1, 0.15) is 6.26 Å². The first kappa shape index (κ1) is 11.7. The fourth-order valence-corrected chi connectivity index (χ4v) is 2.19.